The summed E-state index contributed by atoms with van der Waals surface area (Å²) in [5.74, 6) is -9.11. The number of pyridine rings is 1. The number of aliphatic hydroxyl groups excluding tert-OH is 1. The van der Waals surface area contributed by atoms with E-state index in [0.717, 1.165) is 81.2 Å². The van der Waals surface area contributed by atoms with E-state index in [-0.39, 0.29) is 73.8 Å². The molecule has 13 rings (SSSR count). The van der Waals surface area contributed by atoms with Gasteiger partial charge in [-0.3, -0.25) is 47.9 Å². The summed E-state index contributed by atoms with van der Waals surface area (Å²) in [4.78, 5) is 149. The van der Waals surface area contributed by atoms with Crippen molar-refractivity contribution >= 4 is 106 Å². The first-order valence-electron chi connectivity index (χ1n) is 42.2. The molecular weight excluding hydrogens is 1890 g/mol. The van der Waals surface area contributed by atoms with Gasteiger partial charge in [-0.05, 0) is 219 Å². The first kappa shape index (κ1) is 106. The van der Waals surface area contributed by atoms with Gasteiger partial charge in [-0.2, -0.15) is 34.0 Å². The minimum Gasteiger partial charge on any atom is -0.505 e. The number of carbonyl (C=O) groups is 12. The van der Waals surface area contributed by atoms with E-state index >= 15 is 0 Å². The van der Waals surface area contributed by atoms with Gasteiger partial charge in [-0.25, -0.2) is 40.9 Å². The van der Waals surface area contributed by atoms with Crippen LogP contribution in [0.5, 0.6) is 23.0 Å². The molecule has 0 aliphatic carbocycles. The Bertz CT molecular complexity index is 7170. The molecular formula is C96H93N17O29S. The van der Waals surface area contributed by atoms with Gasteiger partial charge in [0.15, 0.2) is 11.5 Å². The van der Waals surface area contributed by atoms with Crippen LogP contribution in [0.25, 0.3) is 34.1 Å². The van der Waals surface area contributed by atoms with Gasteiger partial charge in [0.2, 0.25) is 43.8 Å². The molecule has 4 amide bonds. The van der Waals surface area contributed by atoms with E-state index in [2.05, 4.69) is 81.9 Å². The van der Waals surface area contributed by atoms with Gasteiger partial charge in [-0.15, -0.1) is 10.2 Å². The fourth-order valence-corrected chi connectivity index (χ4v) is 13.8. The van der Waals surface area contributed by atoms with Crippen LogP contribution in [-0.4, -0.2) is 206 Å². The number of aromatic amines is 1. The Kier molecular flexibility index (Phi) is 36.4. The van der Waals surface area contributed by atoms with Crippen molar-refractivity contribution in [3.8, 4) is 57.1 Å². The molecule has 0 spiro atoms. The summed E-state index contributed by atoms with van der Waals surface area (Å²) >= 11 is 0. The summed E-state index contributed by atoms with van der Waals surface area (Å²) in [6.45, 7) is 18.6. The SMILES string of the molecule is CC(=O)OCOC(=O)c1ccc(C(=O)N/N=C/c2c(CO)cnc(C)c2O)cc1-n1c(C)ccc1C.CC(=O)OCOC(=O)c1ccc(C(=O)N/N=C/c2ccc(-c3nn[nH]n3)cc2)cc1-n1c(C)ccc1C.CC(=O)OCOC(=O)c1ccc(C(=O)N/N=C/c2ccc(O)c(O)c2O)cc1-n1c(C)ccc1C.CC(=O)OCOC(=O)c1ccc(C(=O)N/N=C/c2ccc(S(=O)(=O)O)o2)cc1-n1c(C)ccc1C. The highest BCUT2D eigenvalue weighted by Crippen LogP contribution is 2.37. The highest BCUT2D eigenvalue weighted by atomic mass is 32.2. The third-order valence-electron chi connectivity index (χ3n) is 20.3. The lowest BCUT2D eigenvalue weighted by Crippen LogP contribution is -2.20. The molecule has 143 heavy (non-hydrogen) atoms. The van der Waals surface area contributed by atoms with Crippen molar-refractivity contribution in [2.75, 3.05) is 27.2 Å². The highest BCUT2D eigenvalue weighted by Gasteiger charge is 2.27. The van der Waals surface area contributed by atoms with Crippen molar-refractivity contribution in [2.24, 2.45) is 20.4 Å². The van der Waals surface area contributed by atoms with Crippen molar-refractivity contribution in [3.05, 3.63) is 300 Å². The largest absolute Gasteiger partial charge is 0.505 e. The lowest BCUT2D eigenvalue weighted by Gasteiger charge is -2.15. The Labute approximate surface area is 812 Å². The molecule has 0 saturated carbocycles. The number of amides is 4. The van der Waals surface area contributed by atoms with Crippen molar-refractivity contribution < 1.29 is 138 Å². The smallest absolute Gasteiger partial charge is 0.343 e. The zero-order chi connectivity index (χ0) is 104. The summed E-state index contributed by atoms with van der Waals surface area (Å²) in [6, 6.07) is 44.3. The molecule has 0 saturated heterocycles. The van der Waals surface area contributed by atoms with Gasteiger partial charge in [0.05, 0.1) is 82.2 Å². The summed E-state index contributed by atoms with van der Waals surface area (Å²) in [6.07, 6.45) is 6.27. The molecule has 0 unspecified atom stereocenters. The minimum absolute atomic E-state index is 0.0249. The van der Waals surface area contributed by atoms with Gasteiger partial charge in [0, 0.05) is 124 Å². The quantitative estimate of drug-likeness (QED) is 0.00366. The molecule has 7 aromatic heterocycles. The topological polar surface area (TPSA) is 632 Å². The van der Waals surface area contributed by atoms with Crippen molar-refractivity contribution in [1.82, 2.24) is 65.6 Å². The number of phenolic OH excluding ortho intramolecular Hbond substituents is 3. The monoisotopic (exact) mass is 1980 g/mol. The number of aromatic hydroxyl groups is 4. The van der Waals surface area contributed by atoms with Crippen LogP contribution in [0.3, 0.4) is 0 Å². The number of aryl methyl sites for hydroxylation is 9. The van der Waals surface area contributed by atoms with Crippen LogP contribution in [0.1, 0.15) is 190 Å². The number of phenols is 3. The number of tetrazole rings is 1. The number of nitrogens with zero attached hydrogens (tertiary/aromatic N) is 12. The van der Waals surface area contributed by atoms with Gasteiger partial charge in [0.1, 0.15) is 11.5 Å². The van der Waals surface area contributed by atoms with Crippen LogP contribution in [0, 0.1) is 62.3 Å². The number of nitrogens with one attached hydrogen (secondary N) is 5. The summed E-state index contributed by atoms with van der Waals surface area (Å²) in [7, 11) is -4.50. The zero-order valence-electron chi connectivity index (χ0n) is 78.4. The standard InChI is InChI=1S/C25H23N7O5.C25H26N4O7.C24H23N3O8.C22H21N3O9S/c1-15-4-5-16(2)32(15)22-12-20(10-11-21(22)25(35)37-14-36-17(3)33)24(34)29-26-13-18-6-8-19(9-7-18)23-27-30-31-28-23;1-14-5-6-15(2)29(14)22-9-18(7-8-20(22)25(34)36-13-35-17(4)31)24(33)28-27-11-21-19(12-30)10-26-16(3)23(21)32;1-13-4-5-14(2)27(13)19-10-16(6-8-18(19)24(33)35-12-34-15(3)28)23(32)26-25-11-17-7-9-20(29)22(31)21(17)30;1-13-4-5-14(2)25(13)19-10-16(6-8-18(19)22(28)33-12-32-15(3)26)21(27)24-23-11-17-7-9-20(34-17)35(29,30)31/h4-13H,14H2,1-3H3,(H,29,34)(H,27,28,30,31);5-11,30,32H,12-13H2,1-4H3,(H,28,33);4-11,29-31H,12H2,1-3H3,(H,26,32);4-11H,12H2,1-3H3,(H,24,27)(H,29,30,31)/b26-13+;27-11+;25-11+;23-11+. The van der Waals surface area contributed by atoms with E-state index in [4.69, 9.17) is 32.7 Å². The Morgan fingerprint density at radius 1 is 0.406 bits per heavy atom. The Morgan fingerprint density at radius 3 is 1.07 bits per heavy atom. The maximum absolute atomic E-state index is 12.8. The van der Waals surface area contributed by atoms with Gasteiger partial charge >= 0.3 is 57.9 Å². The lowest BCUT2D eigenvalue weighted by molar-refractivity contribution is -0.150. The van der Waals surface area contributed by atoms with Crippen LogP contribution in [-0.2, 0) is 73.8 Å². The molecule has 47 heteroatoms. The number of ether oxygens (including phenoxy) is 8. The number of aromatic nitrogens is 9. The number of H-pyrrole nitrogens is 1. The number of hydrogen-bond donors (Lipinski definition) is 11. The van der Waals surface area contributed by atoms with Crippen LogP contribution >= 0.6 is 0 Å². The molecule has 0 atom stereocenters. The van der Waals surface area contributed by atoms with E-state index in [1.54, 1.807) is 51.0 Å². The maximum atomic E-state index is 12.8. The molecule has 0 fully saturated rings. The van der Waals surface area contributed by atoms with Gasteiger partial charge < -0.3 is 86.1 Å². The van der Waals surface area contributed by atoms with Crippen LogP contribution in [0.15, 0.2) is 206 Å². The van der Waals surface area contributed by atoms with Gasteiger partial charge in [-0.1, -0.05) is 24.3 Å². The summed E-state index contributed by atoms with van der Waals surface area (Å²) in [5, 5.41) is 77.0. The fraction of sp³-hybridized carbons (Fsp3) is 0.188. The first-order chi connectivity index (χ1) is 68.0. The number of esters is 8. The molecule has 0 aliphatic heterocycles. The predicted octanol–water partition coefficient (Wildman–Crippen LogP) is 10.2. The molecule has 13 aromatic rings. The molecule has 0 radical (unpaired) electrons. The van der Waals surface area contributed by atoms with E-state index < -0.39 is 131 Å². The molecule has 6 aromatic carbocycles. The number of rotatable bonds is 31. The molecule has 7 heterocycles. The third kappa shape index (κ3) is 28.3. The van der Waals surface area contributed by atoms with Crippen LogP contribution in [0.2, 0.25) is 0 Å². The van der Waals surface area contributed by atoms with E-state index in [1.807, 2.05) is 108 Å². The van der Waals surface area contributed by atoms with E-state index in [0.29, 0.717) is 39.8 Å². The Hall–Kier alpha value is -18.7. The first-order valence-corrected chi connectivity index (χ1v) is 43.6. The molecule has 742 valence electrons. The zero-order valence-corrected chi connectivity index (χ0v) is 79.3. The van der Waals surface area contributed by atoms with Crippen LogP contribution < -0.4 is 21.7 Å². The highest BCUT2D eigenvalue weighted by molar-refractivity contribution is 7.85. The van der Waals surface area contributed by atoms with Crippen LogP contribution in [0.4, 0.5) is 0 Å². The minimum atomic E-state index is -4.50. The normalized spacial score (nSPS) is 11.0. The number of hydrazone groups is 4. The van der Waals surface area contributed by atoms with E-state index in [9.17, 15) is 91.5 Å². The summed E-state index contributed by atoms with van der Waals surface area (Å²) < 4.78 is 81.9. The van der Waals surface area contributed by atoms with Gasteiger partial charge in [0.25, 0.3) is 23.6 Å². The maximum Gasteiger partial charge on any atom is 0.343 e. The molecule has 0 bridgehead atoms. The van der Waals surface area contributed by atoms with E-state index in [1.165, 1.54) is 125 Å². The number of benzene rings is 6. The Morgan fingerprint density at radius 2 is 0.748 bits per heavy atom. The fourth-order valence-electron chi connectivity index (χ4n) is 13.3. The Balaban J connectivity index is 0.000000196. The number of carbonyl (C=O) groups excluding carboxylic acids is 12. The number of furan rings is 1. The molecule has 0 aliphatic rings. The number of aliphatic hydroxyl groups is 1. The second-order valence-corrected chi connectivity index (χ2v) is 31.8. The van der Waals surface area contributed by atoms with Crippen molar-refractivity contribution in [2.45, 2.75) is 102 Å². The molecule has 46 nitrogen and oxygen atoms in total. The average Bonchev–Trinajstić information content (AvgIpc) is 1.66. The van der Waals surface area contributed by atoms with Crippen molar-refractivity contribution in [1.29, 1.82) is 0 Å². The average molecular weight is 1980 g/mol. The second kappa shape index (κ2) is 48.9. The third-order valence-corrected chi connectivity index (χ3v) is 21.0. The lowest BCUT2D eigenvalue weighted by atomic mass is 10.1. The second-order valence-electron chi connectivity index (χ2n) is 30.4. The predicted molar refractivity (Wildman–Crippen MR) is 506 cm³/mol. The summed E-state index contributed by atoms with van der Waals surface area (Å²) in [5.41, 5.74) is 21.5. The number of hydrogen-bond acceptors (Lipinski definition) is 36. The molecule has 11 N–H and O–H groups in total. The van der Waals surface area contributed by atoms with Crippen molar-refractivity contribution in [3.63, 3.8) is 0 Å².